The van der Waals surface area contributed by atoms with Gasteiger partial charge in [-0.05, 0) is 95.5 Å². The van der Waals surface area contributed by atoms with Crippen LogP contribution in [0, 0.1) is 20.8 Å². The third-order valence-corrected chi connectivity index (χ3v) is 7.98. The molecule has 8 nitrogen and oxygen atoms in total. The monoisotopic (exact) mass is 540 g/mol. The van der Waals surface area contributed by atoms with E-state index in [4.69, 9.17) is 4.98 Å². The number of pyridine rings is 2. The quantitative estimate of drug-likeness (QED) is 0.319. The Bertz CT molecular complexity index is 1620. The van der Waals surface area contributed by atoms with Crippen molar-refractivity contribution in [1.82, 2.24) is 25.2 Å². The topological polar surface area (TPSA) is 95.1 Å². The first-order valence-electron chi connectivity index (χ1n) is 14.1. The Balaban J connectivity index is 1.53. The van der Waals surface area contributed by atoms with Crippen LogP contribution in [-0.2, 0) is 6.54 Å². The number of carbonyl (C=O) groups excluding carboxylic acids is 1. The predicted molar refractivity (Wildman–Crippen MR) is 162 cm³/mol. The number of benzene rings is 1. The minimum atomic E-state index is -0.205. The summed E-state index contributed by atoms with van der Waals surface area (Å²) in [6.45, 7) is 16.5. The number of aryl methyl sites for hydroxylation is 3. The summed E-state index contributed by atoms with van der Waals surface area (Å²) in [7, 11) is 0. The van der Waals surface area contributed by atoms with Crippen molar-refractivity contribution in [2.75, 3.05) is 18.0 Å². The molecule has 0 bridgehead atoms. The number of aromatic amines is 1. The molecule has 0 unspecified atom stereocenters. The Morgan fingerprint density at radius 1 is 1.10 bits per heavy atom. The Morgan fingerprint density at radius 3 is 2.55 bits per heavy atom. The molecule has 1 aliphatic heterocycles. The van der Waals surface area contributed by atoms with Gasteiger partial charge in [-0.15, -0.1) is 0 Å². The van der Waals surface area contributed by atoms with Gasteiger partial charge in [0, 0.05) is 83.4 Å². The zero-order valence-corrected chi connectivity index (χ0v) is 24.6. The molecule has 2 atom stereocenters. The minimum absolute atomic E-state index is 0.160. The second-order valence-electron chi connectivity index (χ2n) is 11.6. The van der Waals surface area contributed by atoms with Crippen molar-refractivity contribution < 1.29 is 4.79 Å². The van der Waals surface area contributed by atoms with Crippen LogP contribution in [0.25, 0.3) is 22.0 Å². The Morgan fingerprint density at radius 2 is 1.88 bits per heavy atom. The first kappa shape index (κ1) is 27.6. The summed E-state index contributed by atoms with van der Waals surface area (Å²) in [5, 5.41) is 7.47. The van der Waals surface area contributed by atoms with Crippen molar-refractivity contribution in [3.63, 3.8) is 0 Å². The molecule has 4 heterocycles. The molecule has 40 heavy (non-hydrogen) atoms. The van der Waals surface area contributed by atoms with Crippen LogP contribution in [-0.4, -0.2) is 45.6 Å². The molecule has 0 spiro atoms. The van der Waals surface area contributed by atoms with Gasteiger partial charge in [0.1, 0.15) is 5.82 Å². The van der Waals surface area contributed by atoms with Crippen molar-refractivity contribution in [3.8, 4) is 11.1 Å². The summed E-state index contributed by atoms with van der Waals surface area (Å²) in [5.41, 5.74) is 6.60. The molecule has 0 saturated carbocycles. The van der Waals surface area contributed by atoms with Crippen LogP contribution in [0.3, 0.4) is 0 Å². The van der Waals surface area contributed by atoms with Crippen LogP contribution in [0.2, 0.25) is 0 Å². The third kappa shape index (κ3) is 5.28. The van der Waals surface area contributed by atoms with Gasteiger partial charge in [-0.2, -0.15) is 0 Å². The van der Waals surface area contributed by atoms with Crippen molar-refractivity contribution in [2.24, 2.45) is 0 Å². The van der Waals surface area contributed by atoms with Crippen LogP contribution in [0.5, 0.6) is 0 Å². The number of rotatable bonds is 6. The standard InChI is InChI=1S/C32H40N6O2/c1-18(2)37-16-20(4)30-26(31(39)35-15-27-19(3)10-21(5)36-32(27)40)11-25(12-28(30)37)24-8-9-29(34-14-24)38-17-22(6)33-13-23(38)7/h8-12,14,16,18,22-23,33H,13,15,17H2,1-7H3,(H,35,39)(H,36,40)/t22-,23-/m0/s1. The number of nitrogens with zero attached hydrogens (tertiary/aromatic N) is 3. The largest absolute Gasteiger partial charge is 0.351 e. The van der Waals surface area contributed by atoms with Gasteiger partial charge >= 0.3 is 0 Å². The van der Waals surface area contributed by atoms with E-state index in [2.05, 4.69) is 77.2 Å². The van der Waals surface area contributed by atoms with Crippen molar-refractivity contribution in [3.05, 3.63) is 81.0 Å². The molecule has 1 amide bonds. The normalized spacial score (nSPS) is 17.6. The lowest BCUT2D eigenvalue weighted by Gasteiger charge is -2.38. The van der Waals surface area contributed by atoms with E-state index in [1.807, 2.05) is 39.1 Å². The van der Waals surface area contributed by atoms with Crippen molar-refractivity contribution in [2.45, 2.75) is 73.1 Å². The van der Waals surface area contributed by atoms with E-state index >= 15 is 0 Å². The lowest BCUT2D eigenvalue weighted by molar-refractivity contribution is 0.0952. The fourth-order valence-electron chi connectivity index (χ4n) is 5.79. The van der Waals surface area contributed by atoms with E-state index in [-0.39, 0.29) is 24.1 Å². The summed E-state index contributed by atoms with van der Waals surface area (Å²) in [6.07, 6.45) is 4.02. The molecule has 0 aliphatic carbocycles. The number of hydrogen-bond donors (Lipinski definition) is 3. The van der Waals surface area contributed by atoms with Gasteiger partial charge in [0.25, 0.3) is 11.5 Å². The highest BCUT2D eigenvalue weighted by molar-refractivity contribution is 6.09. The average molecular weight is 541 g/mol. The smallest absolute Gasteiger partial charge is 0.253 e. The van der Waals surface area contributed by atoms with E-state index in [0.717, 1.165) is 57.8 Å². The number of fused-ring (bicyclic) bond motifs is 1. The Hall–Kier alpha value is -3.91. The zero-order chi connectivity index (χ0) is 28.7. The zero-order valence-electron chi connectivity index (χ0n) is 24.6. The summed E-state index contributed by atoms with van der Waals surface area (Å²) < 4.78 is 2.21. The number of aromatic nitrogens is 3. The second kappa shape index (κ2) is 10.9. The molecule has 5 rings (SSSR count). The molecule has 3 N–H and O–H groups in total. The van der Waals surface area contributed by atoms with Crippen LogP contribution >= 0.6 is 0 Å². The number of H-pyrrole nitrogens is 1. The SMILES string of the molecule is Cc1cc(C)c(CNC(=O)c2cc(-c3ccc(N4C[C@H](C)NC[C@@H]4C)nc3)cc3c2c(C)cn3C(C)C)c(=O)[nH]1. The fourth-order valence-corrected chi connectivity index (χ4v) is 5.79. The summed E-state index contributed by atoms with van der Waals surface area (Å²) in [6, 6.07) is 11.2. The van der Waals surface area contributed by atoms with Gasteiger partial charge in [0.05, 0.1) is 0 Å². The second-order valence-corrected chi connectivity index (χ2v) is 11.6. The summed E-state index contributed by atoms with van der Waals surface area (Å²) in [5.74, 6) is 0.757. The predicted octanol–water partition coefficient (Wildman–Crippen LogP) is 5.01. The molecule has 1 aliphatic rings. The number of carbonyl (C=O) groups is 1. The van der Waals surface area contributed by atoms with Crippen LogP contribution in [0.1, 0.15) is 66.5 Å². The maximum atomic E-state index is 13.7. The van der Waals surface area contributed by atoms with Gasteiger partial charge in [-0.3, -0.25) is 9.59 Å². The number of nitrogens with one attached hydrogen (secondary N) is 3. The highest BCUT2D eigenvalue weighted by Crippen LogP contribution is 2.33. The van der Waals surface area contributed by atoms with E-state index in [1.54, 1.807) is 0 Å². The highest BCUT2D eigenvalue weighted by atomic mass is 16.1. The lowest BCUT2D eigenvalue weighted by Crippen LogP contribution is -2.54. The average Bonchev–Trinajstić information content (AvgIpc) is 3.25. The van der Waals surface area contributed by atoms with Crippen molar-refractivity contribution in [1.29, 1.82) is 0 Å². The van der Waals surface area contributed by atoms with Crippen LogP contribution < -0.4 is 21.1 Å². The molecule has 8 heteroatoms. The van der Waals surface area contributed by atoms with Gasteiger partial charge in [-0.1, -0.05) is 0 Å². The van der Waals surface area contributed by atoms with E-state index < -0.39 is 0 Å². The first-order valence-corrected chi connectivity index (χ1v) is 14.1. The molecule has 210 valence electrons. The van der Waals surface area contributed by atoms with Gasteiger partial charge < -0.3 is 25.1 Å². The maximum absolute atomic E-state index is 13.7. The molecular formula is C32H40N6O2. The van der Waals surface area contributed by atoms with E-state index in [9.17, 15) is 9.59 Å². The van der Waals surface area contributed by atoms with Gasteiger partial charge in [0.15, 0.2) is 0 Å². The fraction of sp³-hybridized carbons (Fsp3) is 0.406. The van der Waals surface area contributed by atoms with Gasteiger partial charge in [0.2, 0.25) is 0 Å². The Kier molecular flexibility index (Phi) is 7.55. The summed E-state index contributed by atoms with van der Waals surface area (Å²) >= 11 is 0. The number of hydrogen-bond acceptors (Lipinski definition) is 5. The molecule has 4 aromatic rings. The molecule has 3 aromatic heterocycles. The van der Waals surface area contributed by atoms with Crippen LogP contribution in [0.4, 0.5) is 5.82 Å². The maximum Gasteiger partial charge on any atom is 0.253 e. The lowest BCUT2D eigenvalue weighted by atomic mass is 9.98. The van der Waals surface area contributed by atoms with Gasteiger partial charge in [-0.25, -0.2) is 4.98 Å². The van der Waals surface area contributed by atoms with E-state index in [0.29, 0.717) is 23.2 Å². The number of piperazine rings is 1. The minimum Gasteiger partial charge on any atom is -0.351 e. The van der Waals surface area contributed by atoms with Crippen molar-refractivity contribution >= 4 is 22.6 Å². The Labute approximate surface area is 235 Å². The first-order chi connectivity index (χ1) is 19.0. The molecule has 1 saturated heterocycles. The number of anilines is 1. The summed E-state index contributed by atoms with van der Waals surface area (Å²) in [4.78, 5) is 36.3. The third-order valence-electron chi connectivity index (χ3n) is 7.98. The highest BCUT2D eigenvalue weighted by Gasteiger charge is 2.24. The molecular weight excluding hydrogens is 500 g/mol. The van der Waals surface area contributed by atoms with E-state index in [1.165, 1.54) is 0 Å². The molecule has 0 radical (unpaired) electrons. The number of amides is 1. The molecule has 1 fully saturated rings. The van der Waals surface area contributed by atoms with Crippen LogP contribution in [0.15, 0.2) is 47.5 Å². The molecule has 1 aromatic carbocycles.